The summed E-state index contributed by atoms with van der Waals surface area (Å²) in [7, 11) is 1.57. The third kappa shape index (κ3) is 5.23. The number of hydrogen-bond acceptors (Lipinski definition) is 9. The van der Waals surface area contributed by atoms with E-state index in [1.54, 1.807) is 13.2 Å². The Balaban J connectivity index is 1.24. The van der Waals surface area contributed by atoms with Crippen LogP contribution in [0, 0.1) is 11.6 Å². The fourth-order valence-corrected chi connectivity index (χ4v) is 6.10. The normalized spacial score (nSPS) is 21.1. The first kappa shape index (κ1) is 26.5. The first-order valence-electron chi connectivity index (χ1n) is 13.8. The molecule has 0 radical (unpaired) electrons. The second-order valence-electron chi connectivity index (χ2n) is 10.6. The molecular weight excluding hydrogens is 518 g/mol. The summed E-state index contributed by atoms with van der Waals surface area (Å²) in [6, 6.07) is 12.7. The monoisotopic (exact) mass is 552 g/mol. The Kier molecular flexibility index (Phi) is 7.57. The highest BCUT2D eigenvalue weighted by Crippen LogP contribution is 2.41. The number of halogens is 2. The highest BCUT2D eigenvalue weighted by atomic mass is 19.2. The Morgan fingerprint density at radius 3 is 2.48 bits per heavy atom. The van der Waals surface area contributed by atoms with Crippen molar-refractivity contribution >= 4 is 17.2 Å². The van der Waals surface area contributed by atoms with Crippen LogP contribution in [0.15, 0.2) is 42.5 Å². The average Bonchev–Trinajstić information content (AvgIpc) is 3.24. The van der Waals surface area contributed by atoms with Crippen LogP contribution in [0.2, 0.25) is 0 Å². The minimum Gasteiger partial charge on any atom is -0.487 e. The molecule has 6 rings (SSSR count). The number of hydrogen-bond donors (Lipinski definition) is 2. The van der Waals surface area contributed by atoms with Crippen LogP contribution in [-0.4, -0.2) is 68.5 Å². The van der Waals surface area contributed by atoms with Crippen LogP contribution in [0.25, 0.3) is 11.3 Å². The predicted molar refractivity (Wildman–Crippen MR) is 149 cm³/mol. The number of nitrogen functional groups attached to an aromatic ring is 1. The molecule has 2 aromatic carbocycles. The molecule has 1 aromatic heterocycles. The van der Waals surface area contributed by atoms with Gasteiger partial charge in [0.25, 0.3) is 0 Å². The van der Waals surface area contributed by atoms with E-state index in [9.17, 15) is 8.78 Å². The number of piperidine rings is 1. The van der Waals surface area contributed by atoms with E-state index in [4.69, 9.17) is 19.9 Å². The number of fused-ring (bicyclic) bond motifs is 2. The molecule has 0 unspecified atom stereocenters. The minimum atomic E-state index is -0.925. The maximum Gasteiger partial charge on any atom is 0.200 e. The predicted octanol–water partition coefficient (Wildman–Crippen LogP) is 3.98. The molecule has 0 spiro atoms. The summed E-state index contributed by atoms with van der Waals surface area (Å²) in [6.07, 6.45) is 3.27. The molecule has 2 bridgehead atoms. The number of para-hydroxylation sites is 1. The lowest BCUT2D eigenvalue weighted by Crippen LogP contribution is -2.54. The van der Waals surface area contributed by atoms with Crippen LogP contribution in [0.1, 0.15) is 25.7 Å². The molecule has 3 fully saturated rings. The van der Waals surface area contributed by atoms with Crippen molar-refractivity contribution in [2.45, 2.75) is 43.9 Å². The molecule has 3 saturated heterocycles. The van der Waals surface area contributed by atoms with Gasteiger partial charge >= 0.3 is 0 Å². The quantitative estimate of drug-likeness (QED) is 0.402. The standard InChI is InChI=1S/C29H34F2N6O3/c1-38-17-39-26-5-3-2-4-22(26)24-14-25(29(32)35-34-24)36-15-18-6-7-19(16-36)37(18)20-12-23(30)28(31)27(13-20)40-21-8-10-33-11-9-21/h2-5,12-14,18-19,21,33H,6-11,15-17H2,1H3,(H2,32,35)/t18-,19+. The van der Waals surface area contributed by atoms with Crippen molar-refractivity contribution < 1.29 is 23.0 Å². The number of nitrogens with two attached hydrogens (primary N) is 1. The maximum absolute atomic E-state index is 14.8. The summed E-state index contributed by atoms with van der Waals surface area (Å²) in [5.41, 5.74) is 9.21. The molecule has 11 heteroatoms. The van der Waals surface area contributed by atoms with Crippen molar-refractivity contribution in [3.8, 4) is 22.8 Å². The van der Waals surface area contributed by atoms with Gasteiger partial charge in [-0.25, -0.2) is 4.39 Å². The Bertz CT molecular complexity index is 1340. The summed E-state index contributed by atoms with van der Waals surface area (Å²) < 4.78 is 46.2. The molecule has 3 aromatic rings. The van der Waals surface area contributed by atoms with Crippen molar-refractivity contribution in [3.63, 3.8) is 0 Å². The first-order valence-corrected chi connectivity index (χ1v) is 13.8. The van der Waals surface area contributed by atoms with Gasteiger partial charge in [0, 0.05) is 55.7 Å². The van der Waals surface area contributed by atoms with E-state index in [1.165, 1.54) is 6.07 Å². The molecule has 0 saturated carbocycles. The van der Waals surface area contributed by atoms with E-state index >= 15 is 0 Å². The van der Waals surface area contributed by atoms with Gasteiger partial charge in [0.2, 0.25) is 5.82 Å². The molecular formula is C29H34F2N6O3. The van der Waals surface area contributed by atoms with Crippen molar-refractivity contribution in [2.24, 2.45) is 0 Å². The van der Waals surface area contributed by atoms with Gasteiger partial charge in [-0.1, -0.05) is 12.1 Å². The van der Waals surface area contributed by atoms with Crippen LogP contribution in [-0.2, 0) is 4.74 Å². The lowest BCUT2D eigenvalue weighted by molar-refractivity contribution is 0.0515. The van der Waals surface area contributed by atoms with Crippen LogP contribution in [0.4, 0.5) is 26.0 Å². The first-order chi connectivity index (χ1) is 19.5. The third-order valence-electron chi connectivity index (χ3n) is 7.98. The summed E-state index contributed by atoms with van der Waals surface area (Å²) in [5.74, 6) is -0.834. The summed E-state index contributed by atoms with van der Waals surface area (Å²) in [4.78, 5) is 4.44. The number of anilines is 3. The van der Waals surface area contributed by atoms with E-state index in [-0.39, 0.29) is 30.7 Å². The Labute approximate surface area is 232 Å². The second-order valence-corrected chi connectivity index (χ2v) is 10.6. The molecule has 3 aliphatic heterocycles. The largest absolute Gasteiger partial charge is 0.487 e. The van der Waals surface area contributed by atoms with Crippen molar-refractivity contribution in [1.29, 1.82) is 0 Å². The number of piperazine rings is 1. The highest BCUT2D eigenvalue weighted by molar-refractivity contribution is 5.75. The Hall–Kier alpha value is -3.70. The average molecular weight is 553 g/mol. The third-order valence-corrected chi connectivity index (χ3v) is 7.98. The van der Waals surface area contributed by atoms with Gasteiger partial charge < -0.3 is 35.1 Å². The van der Waals surface area contributed by atoms with Crippen molar-refractivity contribution in [3.05, 3.63) is 54.1 Å². The van der Waals surface area contributed by atoms with Gasteiger partial charge in [-0.05, 0) is 57.0 Å². The Morgan fingerprint density at radius 1 is 0.975 bits per heavy atom. The fraction of sp³-hybridized carbons (Fsp3) is 0.448. The number of rotatable bonds is 8. The zero-order chi connectivity index (χ0) is 27.6. The van der Waals surface area contributed by atoms with Crippen LogP contribution in [0.5, 0.6) is 11.5 Å². The molecule has 9 nitrogen and oxygen atoms in total. The molecule has 2 atom stereocenters. The van der Waals surface area contributed by atoms with Crippen LogP contribution >= 0.6 is 0 Å². The van der Waals surface area contributed by atoms with E-state index in [0.29, 0.717) is 36.0 Å². The molecule has 40 heavy (non-hydrogen) atoms. The van der Waals surface area contributed by atoms with Gasteiger partial charge in [0.05, 0.1) is 11.4 Å². The molecule has 0 amide bonds. The molecule has 4 heterocycles. The second kappa shape index (κ2) is 11.4. The number of ether oxygens (including phenoxy) is 3. The van der Waals surface area contributed by atoms with Gasteiger partial charge in [0.1, 0.15) is 11.9 Å². The smallest absolute Gasteiger partial charge is 0.200 e. The SMILES string of the molecule is COCOc1ccccc1-c1cc(N2C[C@H]3CC[C@@H](C2)N3c2cc(F)c(F)c(OC3CCNCC3)c2)c(N)nn1. The number of nitrogens with zero attached hydrogens (tertiary/aromatic N) is 4. The minimum absolute atomic E-state index is 0.00898. The van der Waals surface area contributed by atoms with Gasteiger partial charge in [-0.15, -0.1) is 10.2 Å². The zero-order valence-corrected chi connectivity index (χ0v) is 22.5. The lowest BCUT2D eigenvalue weighted by Gasteiger charge is -2.43. The van der Waals surface area contributed by atoms with E-state index in [0.717, 1.165) is 50.0 Å². The lowest BCUT2D eigenvalue weighted by atomic mass is 10.1. The van der Waals surface area contributed by atoms with E-state index < -0.39 is 11.6 Å². The number of benzene rings is 2. The van der Waals surface area contributed by atoms with Gasteiger partial charge in [0.15, 0.2) is 24.2 Å². The fourth-order valence-electron chi connectivity index (χ4n) is 6.10. The van der Waals surface area contributed by atoms with Crippen LogP contribution in [0.3, 0.4) is 0 Å². The molecule has 3 aliphatic rings. The van der Waals surface area contributed by atoms with Crippen molar-refractivity contribution in [1.82, 2.24) is 15.5 Å². The van der Waals surface area contributed by atoms with E-state index in [2.05, 4.69) is 25.3 Å². The van der Waals surface area contributed by atoms with Gasteiger partial charge in [-0.2, -0.15) is 4.39 Å². The highest BCUT2D eigenvalue weighted by Gasteiger charge is 2.41. The number of aromatic nitrogens is 2. The number of nitrogens with one attached hydrogen (secondary N) is 1. The zero-order valence-electron chi connectivity index (χ0n) is 22.5. The van der Waals surface area contributed by atoms with Gasteiger partial charge in [-0.3, -0.25) is 0 Å². The maximum atomic E-state index is 14.8. The summed E-state index contributed by atoms with van der Waals surface area (Å²) in [5, 5.41) is 11.9. The molecule has 3 N–H and O–H groups in total. The summed E-state index contributed by atoms with van der Waals surface area (Å²) >= 11 is 0. The topological polar surface area (TPSA) is 98.0 Å². The summed E-state index contributed by atoms with van der Waals surface area (Å²) in [6.45, 7) is 3.06. The molecule has 0 aliphatic carbocycles. The van der Waals surface area contributed by atoms with Crippen LogP contribution < -0.4 is 30.3 Å². The molecule has 212 valence electrons. The van der Waals surface area contributed by atoms with Crippen molar-refractivity contribution in [2.75, 3.05) is 55.6 Å². The van der Waals surface area contributed by atoms with E-state index in [1.807, 2.05) is 30.3 Å². The Morgan fingerprint density at radius 2 is 1.73 bits per heavy atom. The number of methoxy groups -OCH3 is 1.